The van der Waals surface area contributed by atoms with Crippen LogP contribution in [0.5, 0.6) is 5.88 Å². The molecule has 2 aromatic rings. The summed E-state index contributed by atoms with van der Waals surface area (Å²) < 4.78 is 28.8. The van der Waals surface area contributed by atoms with E-state index in [1.165, 1.54) is 12.7 Å². The molecule has 0 radical (unpaired) electrons. The number of hydrogen-bond acceptors (Lipinski definition) is 15. The van der Waals surface area contributed by atoms with Crippen LogP contribution >= 0.6 is 0 Å². The van der Waals surface area contributed by atoms with Crippen LogP contribution in [0.15, 0.2) is 12.7 Å². The zero-order valence-corrected chi connectivity index (χ0v) is 26.1. The van der Waals surface area contributed by atoms with Crippen LogP contribution in [-0.4, -0.2) is 92.6 Å². The highest BCUT2D eigenvalue weighted by molar-refractivity contribution is 5.78. The molecule has 250 valence electrons. The van der Waals surface area contributed by atoms with Gasteiger partial charge in [-0.1, -0.05) is 40.5 Å². The van der Waals surface area contributed by atoms with E-state index >= 15 is 0 Å². The maximum absolute atomic E-state index is 12.6. The minimum absolute atomic E-state index is 0.0291. The fourth-order valence-corrected chi connectivity index (χ4v) is 4.40. The number of hydrogen-bond donors (Lipinski definition) is 3. The smallest absolute Gasteiger partial charge is 0.323 e. The van der Waals surface area contributed by atoms with Gasteiger partial charge in [0.05, 0.1) is 25.3 Å². The summed E-state index contributed by atoms with van der Waals surface area (Å²) in [5.41, 5.74) is 12.5. The van der Waals surface area contributed by atoms with Crippen molar-refractivity contribution in [3.8, 4) is 5.88 Å². The van der Waals surface area contributed by atoms with Gasteiger partial charge in [-0.15, -0.1) is 0 Å². The lowest BCUT2D eigenvalue weighted by Gasteiger charge is -2.22. The van der Waals surface area contributed by atoms with E-state index in [2.05, 4.69) is 15.0 Å². The topological polar surface area (TPSA) is 230 Å². The molecule has 2 aromatic heterocycles. The molecule has 16 nitrogen and oxygen atoms in total. The molecule has 3 heterocycles. The first-order valence-electron chi connectivity index (χ1n) is 15.2. The summed E-state index contributed by atoms with van der Waals surface area (Å²) >= 11 is 0. The molecule has 3 rings (SSSR count). The summed E-state index contributed by atoms with van der Waals surface area (Å²) in [6.45, 7) is 6.56. The van der Waals surface area contributed by atoms with Gasteiger partial charge in [-0.25, -0.2) is 9.97 Å². The van der Waals surface area contributed by atoms with Gasteiger partial charge in [0.25, 0.3) is 0 Å². The number of nitrogens with zero attached hydrogens (tertiary/aromatic N) is 4. The summed E-state index contributed by atoms with van der Waals surface area (Å²) in [5, 5.41) is 9.85. The molecule has 1 aliphatic rings. The zero-order valence-electron chi connectivity index (χ0n) is 26.1. The summed E-state index contributed by atoms with van der Waals surface area (Å²) in [6.07, 6.45) is 2.70. The number of aromatic hydroxyl groups is 1. The Morgan fingerprint density at radius 2 is 1.53 bits per heavy atom. The van der Waals surface area contributed by atoms with Crippen molar-refractivity contribution in [1.82, 2.24) is 19.5 Å². The third-order valence-electron chi connectivity index (χ3n) is 7.88. The first-order valence-corrected chi connectivity index (χ1v) is 15.2. The van der Waals surface area contributed by atoms with Crippen molar-refractivity contribution >= 4 is 35.0 Å². The van der Waals surface area contributed by atoms with Crippen LogP contribution in [0.2, 0.25) is 0 Å². The van der Waals surface area contributed by atoms with Crippen molar-refractivity contribution < 1.29 is 48.0 Å². The van der Waals surface area contributed by atoms with Gasteiger partial charge in [-0.2, -0.15) is 4.98 Å². The minimum Gasteiger partial charge on any atom is -0.492 e. The number of carbonyl (C=O) groups excluding carboxylic acids is 4. The number of esters is 4. The molecule has 5 N–H and O–H groups in total. The van der Waals surface area contributed by atoms with Crippen LogP contribution in [0.25, 0.3) is 11.2 Å². The van der Waals surface area contributed by atoms with Gasteiger partial charge in [-0.3, -0.25) is 23.7 Å². The van der Waals surface area contributed by atoms with Gasteiger partial charge in [-0.05, 0) is 24.7 Å². The molecular formula is C29H44N6O10. The predicted octanol–water partition coefficient (Wildman–Crippen LogP) is 1.28. The number of rotatable bonds is 17. The standard InChI is InChI=1S/C29H44N6O10/c1-5-16(3)23(30)28(39)42-12-19(13-43-29(40)24(31)17(4)6-2)45-22(37)10-9-21(36)41-11-18-7-8-20(44-18)35-15-34-25-26(35)32-14-33-27(25)38/h14-20,23-24H,5-13,30-31H2,1-4H3,(H,32,33,38)/t16-,17-,18-,20+,23-,24-/m0/s1. The molecule has 45 heavy (non-hydrogen) atoms. The van der Waals surface area contributed by atoms with Crippen molar-refractivity contribution in [1.29, 1.82) is 0 Å². The van der Waals surface area contributed by atoms with Crippen molar-refractivity contribution in [2.24, 2.45) is 23.3 Å². The molecule has 0 aliphatic carbocycles. The van der Waals surface area contributed by atoms with Gasteiger partial charge >= 0.3 is 23.9 Å². The van der Waals surface area contributed by atoms with Gasteiger partial charge in [0.2, 0.25) is 5.88 Å². The number of carbonyl (C=O) groups is 4. The lowest BCUT2D eigenvalue weighted by molar-refractivity contribution is -0.169. The van der Waals surface area contributed by atoms with Crippen molar-refractivity contribution in [2.75, 3.05) is 19.8 Å². The summed E-state index contributed by atoms with van der Waals surface area (Å²) in [5.74, 6) is -3.28. The Bertz CT molecular complexity index is 1270. The largest absolute Gasteiger partial charge is 0.492 e. The SMILES string of the molecule is CC[C@H](C)[C@H](N)C(=O)OCC(COC(=O)[C@@H](N)[C@@H](C)CC)OC(=O)CCC(=O)OC[C@@H]1CC[C@H](n2cnc3c(O)ncnc32)O1. The Balaban J connectivity index is 1.46. The second-order valence-corrected chi connectivity index (χ2v) is 11.2. The molecule has 0 aromatic carbocycles. The number of ether oxygens (including phenoxy) is 5. The van der Waals surface area contributed by atoms with Crippen LogP contribution in [-0.2, 0) is 42.9 Å². The van der Waals surface area contributed by atoms with Crippen LogP contribution < -0.4 is 11.5 Å². The molecule has 0 amide bonds. The van der Waals surface area contributed by atoms with E-state index < -0.39 is 67.6 Å². The molecule has 1 saturated heterocycles. The van der Waals surface area contributed by atoms with Gasteiger partial charge < -0.3 is 40.3 Å². The Hall–Kier alpha value is -3.89. The minimum atomic E-state index is -1.13. The number of imidazole rings is 1. The van der Waals surface area contributed by atoms with Crippen LogP contribution in [0.4, 0.5) is 0 Å². The van der Waals surface area contributed by atoms with E-state index in [1.807, 2.05) is 13.8 Å². The molecule has 1 fully saturated rings. The van der Waals surface area contributed by atoms with Crippen LogP contribution in [0, 0.1) is 11.8 Å². The fourth-order valence-electron chi connectivity index (χ4n) is 4.40. The number of fused-ring (bicyclic) bond motifs is 1. The quantitative estimate of drug-likeness (QED) is 0.164. The summed E-state index contributed by atoms with van der Waals surface area (Å²) in [7, 11) is 0. The lowest BCUT2D eigenvalue weighted by atomic mass is 10.0. The molecule has 1 aliphatic heterocycles. The monoisotopic (exact) mass is 636 g/mol. The van der Waals surface area contributed by atoms with Crippen LogP contribution in [0.1, 0.15) is 72.4 Å². The molecule has 0 bridgehead atoms. The van der Waals surface area contributed by atoms with Crippen molar-refractivity contribution in [3.63, 3.8) is 0 Å². The third kappa shape index (κ3) is 10.1. The van der Waals surface area contributed by atoms with Crippen LogP contribution in [0.3, 0.4) is 0 Å². The van der Waals surface area contributed by atoms with Gasteiger partial charge in [0, 0.05) is 0 Å². The zero-order chi connectivity index (χ0) is 33.1. The summed E-state index contributed by atoms with van der Waals surface area (Å²) in [6, 6.07) is -1.74. The number of aromatic nitrogens is 4. The van der Waals surface area contributed by atoms with E-state index in [0.29, 0.717) is 31.3 Å². The average Bonchev–Trinajstić information content (AvgIpc) is 3.70. The Kier molecular flexibility index (Phi) is 13.4. The predicted molar refractivity (Wildman–Crippen MR) is 157 cm³/mol. The maximum atomic E-state index is 12.6. The first-order chi connectivity index (χ1) is 21.4. The maximum Gasteiger partial charge on any atom is 0.323 e. The normalized spacial score (nSPS) is 19.1. The molecule has 0 saturated carbocycles. The van der Waals surface area contributed by atoms with Crippen molar-refractivity contribution in [3.05, 3.63) is 12.7 Å². The molecule has 0 unspecified atom stereocenters. The second-order valence-electron chi connectivity index (χ2n) is 11.2. The molecule has 6 atom stereocenters. The Morgan fingerprint density at radius 1 is 0.933 bits per heavy atom. The lowest BCUT2D eigenvalue weighted by Crippen LogP contribution is -2.42. The first kappa shape index (κ1) is 35.6. The molecule has 0 spiro atoms. The van der Waals surface area contributed by atoms with E-state index in [0.717, 1.165) is 0 Å². The average molecular weight is 637 g/mol. The molecule has 16 heteroatoms. The van der Waals surface area contributed by atoms with Gasteiger partial charge in [0.15, 0.2) is 17.3 Å². The van der Waals surface area contributed by atoms with E-state index in [1.54, 1.807) is 18.4 Å². The van der Waals surface area contributed by atoms with Crippen molar-refractivity contribution in [2.45, 2.75) is 96.7 Å². The molecular weight excluding hydrogens is 592 g/mol. The Labute approximate surface area is 261 Å². The van der Waals surface area contributed by atoms with E-state index in [-0.39, 0.29) is 42.7 Å². The highest BCUT2D eigenvalue weighted by atomic mass is 16.6. The second kappa shape index (κ2) is 17.0. The van der Waals surface area contributed by atoms with Gasteiger partial charge in [0.1, 0.15) is 44.5 Å². The third-order valence-corrected chi connectivity index (χ3v) is 7.88. The van der Waals surface area contributed by atoms with E-state index in [4.69, 9.17) is 35.2 Å². The fraction of sp³-hybridized carbons (Fsp3) is 0.690. The van der Waals surface area contributed by atoms with E-state index in [9.17, 15) is 24.3 Å². The summed E-state index contributed by atoms with van der Waals surface area (Å²) in [4.78, 5) is 61.6. The number of nitrogens with two attached hydrogens (primary N) is 2. The highest BCUT2D eigenvalue weighted by Crippen LogP contribution is 2.31. The highest BCUT2D eigenvalue weighted by Gasteiger charge is 2.30. The Morgan fingerprint density at radius 3 is 2.13 bits per heavy atom.